The maximum absolute atomic E-state index is 6.20. The van der Waals surface area contributed by atoms with Crippen molar-refractivity contribution in [3.8, 4) is 5.75 Å². The van der Waals surface area contributed by atoms with Crippen molar-refractivity contribution in [2.24, 2.45) is 0 Å². The van der Waals surface area contributed by atoms with E-state index in [-0.39, 0.29) is 0 Å². The Bertz CT molecular complexity index is 404. The van der Waals surface area contributed by atoms with Crippen LogP contribution in [0.3, 0.4) is 0 Å². The Kier molecular flexibility index (Phi) is 6.17. The number of hydrogen-bond donors (Lipinski definition) is 0. The topological polar surface area (TPSA) is 9.23 Å². The lowest BCUT2D eigenvalue weighted by molar-refractivity contribution is 0.369. The first-order valence-corrected chi connectivity index (χ1v) is 8.31. The second-order valence-electron chi connectivity index (χ2n) is 5.83. The molecule has 110 valence electrons. The maximum atomic E-state index is 6.20. The summed E-state index contributed by atoms with van der Waals surface area (Å²) in [6.07, 6.45) is 11.2. The average Bonchev–Trinajstić information content (AvgIpc) is 2.48. The molecular weight excluding hydrogens is 244 g/mol. The van der Waals surface area contributed by atoms with E-state index in [1.54, 1.807) is 5.57 Å². The van der Waals surface area contributed by atoms with Crippen molar-refractivity contribution in [2.45, 2.75) is 71.6 Å². The van der Waals surface area contributed by atoms with Gasteiger partial charge >= 0.3 is 0 Å². The molecule has 0 N–H and O–H groups in total. The third-order valence-corrected chi connectivity index (χ3v) is 4.09. The van der Waals surface area contributed by atoms with Gasteiger partial charge in [0.2, 0.25) is 0 Å². The van der Waals surface area contributed by atoms with Crippen LogP contribution >= 0.6 is 0 Å². The van der Waals surface area contributed by atoms with Gasteiger partial charge in [-0.25, -0.2) is 0 Å². The van der Waals surface area contributed by atoms with Gasteiger partial charge in [0.05, 0.1) is 0 Å². The predicted octanol–water partition coefficient (Wildman–Crippen LogP) is 6.04. The Hall–Kier alpha value is -1.24. The van der Waals surface area contributed by atoms with Gasteiger partial charge in [-0.2, -0.15) is 0 Å². The zero-order valence-electron chi connectivity index (χ0n) is 13.1. The van der Waals surface area contributed by atoms with E-state index < -0.39 is 0 Å². The summed E-state index contributed by atoms with van der Waals surface area (Å²) in [6.45, 7) is 4.52. The summed E-state index contributed by atoms with van der Waals surface area (Å²) in [5.74, 6) is 2.35. The van der Waals surface area contributed by atoms with Crippen molar-refractivity contribution in [1.29, 1.82) is 0 Å². The second kappa shape index (κ2) is 8.14. The number of allylic oxidation sites excluding steroid dienone is 2. The summed E-state index contributed by atoms with van der Waals surface area (Å²) < 4.78 is 6.20. The Labute approximate surface area is 124 Å². The van der Waals surface area contributed by atoms with Crippen LogP contribution in [0.4, 0.5) is 0 Å². The van der Waals surface area contributed by atoms with E-state index in [9.17, 15) is 0 Å². The van der Waals surface area contributed by atoms with Gasteiger partial charge in [0.1, 0.15) is 11.5 Å². The number of unbranched alkanes of at least 4 members (excludes halogenated alkanes) is 4. The third kappa shape index (κ3) is 4.13. The van der Waals surface area contributed by atoms with Gasteiger partial charge in [-0.3, -0.25) is 0 Å². The zero-order valence-corrected chi connectivity index (χ0v) is 13.1. The molecule has 1 aromatic rings. The minimum atomic E-state index is 1.08. The molecule has 0 saturated heterocycles. The van der Waals surface area contributed by atoms with E-state index in [0.717, 1.165) is 18.6 Å². The van der Waals surface area contributed by atoms with Crippen LogP contribution in [0.5, 0.6) is 5.75 Å². The van der Waals surface area contributed by atoms with Gasteiger partial charge in [-0.15, -0.1) is 0 Å². The fourth-order valence-electron chi connectivity index (χ4n) is 2.86. The molecule has 0 saturated carbocycles. The fourth-order valence-corrected chi connectivity index (χ4v) is 2.86. The molecular formula is C19H28O. The Morgan fingerprint density at radius 2 is 1.60 bits per heavy atom. The highest BCUT2D eigenvalue weighted by molar-refractivity contribution is 5.41. The van der Waals surface area contributed by atoms with Crippen molar-refractivity contribution in [3.05, 3.63) is 41.2 Å². The quantitative estimate of drug-likeness (QED) is 0.524. The number of benzene rings is 1. The Balaban J connectivity index is 2.06. The largest absolute Gasteiger partial charge is 0.461 e. The summed E-state index contributed by atoms with van der Waals surface area (Å²) >= 11 is 0. The number of para-hydroxylation sites is 1. The Morgan fingerprint density at radius 1 is 0.900 bits per heavy atom. The first kappa shape index (κ1) is 15.2. The SMILES string of the molecule is CCCCCC1=C(CCCCC)Oc2ccccc2C1. The fraction of sp³-hybridized carbons (Fsp3) is 0.579. The molecule has 1 aromatic carbocycles. The molecule has 1 aliphatic rings. The smallest absolute Gasteiger partial charge is 0.130 e. The molecule has 1 heteroatoms. The highest BCUT2D eigenvalue weighted by Gasteiger charge is 2.18. The molecule has 2 rings (SSSR count). The van der Waals surface area contributed by atoms with Crippen LogP contribution in [0.15, 0.2) is 35.6 Å². The van der Waals surface area contributed by atoms with E-state index >= 15 is 0 Å². The number of hydrogen-bond acceptors (Lipinski definition) is 1. The van der Waals surface area contributed by atoms with Crippen molar-refractivity contribution in [3.63, 3.8) is 0 Å². The summed E-state index contributed by atoms with van der Waals surface area (Å²) in [4.78, 5) is 0. The molecule has 20 heavy (non-hydrogen) atoms. The second-order valence-corrected chi connectivity index (χ2v) is 5.83. The van der Waals surface area contributed by atoms with Crippen molar-refractivity contribution < 1.29 is 4.74 Å². The third-order valence-electron chi connectivity index (χ3n) is 4.09. The summed E-state index contributed by atoms with van der Waals surface area (Å²) in [6, 6.07) is 8.51. The van der Waals surface area contributed by atoms with Gasteiger partial charge in [0, 0.05) is 12.8 Å². The van der Waals surface area contributed by atoms with Crippen LogP contribution in [0.1, 0.15) is 70.8 Å². The highest BCUT2D eigenvalue weighted by Crippen LogP contribution is 2.34. The molecule has 1 nitrogen and oxygen atoms in total. The van der Waals surface area contributed by atoms with Crippen molar-refractivity contribution >= 4 is 0 Å². The van der Waals surface area contributed by atoms with Crippen LogP contribution in [-0.4, -0.2) is 0 Å². The van der Waals surface area contributed by atoms with Crippen LogP contribution in [0.25, 0.3) is 0 Å². The van der Waals surface area contributed by atoms with Gasteiger partial charge in [0.15, 0.2) is 0 Å². The molecule has 0 fully saturated rings. The maximum Gasteiger partial charge on any atom is 0.130 e. The highest BCUT2D eigenvalue weighted by atomic mass is 16.5. The minimum Gasteiger partial charge on any atom is -0.461 e. The standard InChI is InChI=1S/C19H28O/c1-3-5-7-11-16-15-17-12-9-10-14-19(17)20-18(16)13-8-6-4-2/h9-10,12,14H,3-8,11,13,15H2,1-2H3. The lowest BCUT2D eigenvalue weighted by Crippen LogP contribution is -2.11. The molecule has 0 aliphatic carbocycles. The van der Waals surface area contributed by atoms with Crippen molar-refractivity contribution in [2.75, 3.05) is 0 Å². The van der Waals surface area contributed by atoms with Crippen LogP contribution < -0.4 is 4.74 Å². The minimum absolute atomic E-state index is 1.08. The van der Waals surface area contributed by atoms with E-state index in [4.69, 9.17) is 4.74 Å². The first-order chi connectivity index (χ1) is 9.85. The van der Waals surface area contributed by atoms with Gasteiger partial charge in [-0.1, -0.05) is 57.7 Å². The van der Waals surface area contributed by atoms with Crippen LogP contribution in [0, 0.1) is 0 Å². The van der Waals surface area contributed by atoms with Gasteiger partial charge < -0.3 is 4.74 Å². The predicted molar refractivity (Wildman–Crippen MR) is 86.1 cm³/mol. The van der Waals surface area contributed by atoms with Crippen LogP contribution in [-0.2, 0) is 6.42 Å². The van der Waals surface area contributed by atoms with E-state index in [0.29, 0.717) is 0 Å². The number of fused-ring (bicyclic) bond motifs is 1. The molecule has 0 radical (unpaired) electrons. The lowest BCUT2D eigenvalue weighted by Gasteiger charge is -2.24. The Morgan fingerprint density at radius 3 is 2.35 bits per heavy atom. The summed E-state index contributed by atoms with van der Waals surface area (Å²) in [5, 5.41) is 0. The number of rotatable bonds is 8. The molecule has 1 aliphatic heterocycles. The van der Waals surface area contributed by atoms with Crippen LogP contribution in [0.2, 0.25) is 0 Å². The molecule has 1 heterocycles. The van der Waals surface area contributed by atoms with Crippen molar-refractivity contribution in [1.82, 2.24) is 0 Å². The van der Waals surface area contributed by atoms with E-state index in [1.807, 2.05) is 0 Å². The zero-order chi connectivity index (χ0) is 14.2. The molecule has 0 spiro atoms. The number of ether oxygens (including phenoxy) is 1. The molecule has 0 atom stereocenters. The molecule has 0 amide bonds. The summed E-state index contributed by atoms with van der Waals surface area (Å²) in [5.41, 5.74) is 2.91. The van der Waals surface area contributed by atoms with Gasteiger partial charge in [-0.05, 0) is 36.5 Å². The van der Waals surface area contributed by atoms with E-state index in [1.165, 1.54) is 56.3 Å². The monoisotopic (exact) mass is 272 g/mol. The molecule has 0 bridgehead atoms. The summed E-state index contributed by atoms with van der Waals surface area (Å²) in [7, 11) is 0. The lowest BCUT2D eigenvalue weighted by atomic mass is 9.94. The normalized spacial score (nSPS) is 14.1. The molecule has 0 unspecified atom stereocenters. The average molecular weight is 272 g/mol. The first-order valence-electron chi connectivity index (χ1n) is 8.31. The van der Waals surface area contributed by atoms with E-state index in [2.05, 4.69) is 38.1 Å². The van der Waals surface area contributed by atoms with Gasteiger partial charge in [0.25, 0.3) is 0 Å². The molecule has 0 aromatic heterocycles.